The lowest BCUT2D eigenvalue weighted by molar-refractivity contribution is -0.138. The molecule has 0 spiro atoms. The van der Waals surface area contributed by atoms with Crippen LogP contribution in [-0.4, -0.2) is 43.2 Å². The highest BCUT2D eigenvalue weighted by atomic mass is 19.4. The average molecular weight is 421 g/mol. The zero-order valence-corrected chi connectivity index (χ0v) is 16.6. The van der Waals surface area contributed by atoms with E-state index in [1.54, 1.807) is 12.1 Å². The molecule has 160 valence electrons. The van der Waals surface area contributed by atoms with Crippen LogP contribution in [0.3, 0.4) is 0 Å². The number of aromatic nitrogens is 2. The lowest BCUT2D eigenvalue weighted by Crippen LogP contribution is -2.25. The van der Waals surface area contributed by atoms with Crippen molar-refractivity contribution < 1.29 is 27.4 Å². The molecule has 0 amide bonds. The second-order valence-corrected chi connectivity index (χ2v) is 7.77. The number of fused-ring (bicyclic) bond motifs is 1. The first-order valence-electron chi connectivity index (χ1n) is 9.72. The Morgan fingerprint density at radius 1 is 1.10 bits per heavy atom. The summed E-state index contributed by atoms with van der Waals surface area (Å²) in [6, 6.07) is 7.27. The highest BCUT2D eigenvalue weighted by Crippen LogP contribution is 2.49. The molecular formula is C21H22F3N3O3. The number of hydrogen-bond acceptors (Lipinski definition) is 6. The maximum absolute atomic E-state index is 13.4. The normalized spacial score (nSPS) is 23.4. The van der Waals surface area contributed by atoms with Crippen molar-refractivity contribution in [2.45, 2.75) is 24.9 Å². The van der Waals surface area contributed by atoms with Crippen LogP contribution in [0, 0.1) is 11.8 Å². The Balaban J connectivity index is 1.52. The van der Waals surface area contributed by atoms with Crippen LogP contribution in [0.5, 0.6) is 5.88 Å². The van der Waals surface area contributed by atoms with Gasteiger partial charge in [0.2, 0.25) is 11.8 Å². The van der Waals surface area contributed by atoms with Crippen LogP contribution in [0.1, 0.15) is 40.4 Å². The molecule has 3 atom stereocenters. The molecular weight excluding hydrogens is 399 g/mol. The summed E-state index contributed by atoms with van der Waals surface area (Å²) in [5.41, 5.74) is -0.0457. The molecule has 2 heterocycles. The molecule has 0 N–H and O–H groups in total. The van der Waals surface area contributed by atoms with Gasteiger partial charge in [-0.3, -0.25) is 0 Å². The number of nitrogens with zero attached hydrogens (tertiary/aromatic N) is 3. The summed E-state index contributed by atoms with van der Waals surface area (Å²) < 4.78 is 50.1. The van der Waals surface area contributed by atoms with Gasteiger partial charge >= 0.3 is 12.1 Å². The number of rotatable bonds is 4. The van der Waals surface area contributed by atoms with E-state index in [9.17, 15) is 18.0 Å². The summed E-state index contributed by atoms with van der Waals surface area (Å²) in [6.07, 6.45) is -2.98. The molecule has 1 aliphatic carbocycles. The molecule has 0 unspecified atom stereocenters. The van der Waals surface area contributed by atoms with Crippen molar-refractivity contribution in [1.82, 2.24) is 9.97 Å². The first-order chi connectivity index (χ1) is 14.3. The third-order valence-corrected chi connectivity index (χ3v) is 6.03. The van der Waals surface area contributed by atoms with Gasteiger partial charge in [-0.05, 0) is 42.2 Å². The van der Waals surface area contributed by atoms with Crippen LogP contribution in [0.4, 0.5) is 19.1 Å². The van der Waals surface area contributed by atoms with Gasteiger partial charge in [-0.15, -0.1) is 0 Å². The van der Waals surface area contributed by atoms with E-state index in [1.807, 2.05) is 4.90 Å². The first kappa shape index (κ1) is 20.4. The molecule has 2 fully saturated rings. The van der Waals surface area contributed by atoms with E-state index in [4.69, 9.17) is 9.47 Å². The van der Waals surface area contributed by atoms with Crippen LogP contribution in [0.2, 0.25) is 0 Å². The Morgan fingerprint density at radius 3 is 2.37 bits per heavy atom. The van der Waals surface area contributed by atoms with Crippen molar-refractivity contribution in [1.29, 1.82) is 0 Å². The van der Waals surface area contributed by atoms with E-state index < -0.39 is 17.7 Å². The Kier molecular flexibility index (Phi) is 5.29. The number of benzene rings is 1. The Bertz CT molecular complexity index is 937. The highest BCUT2D eigenvalue weighted by molar-refractivity contribution is 5.87. The summed E-state index contributed by atoms with van der Waals surface area (Å²) in [4.78, 5) is 22.5. The van der Waals surface area contributed by atoms with E-state index >= 15 is 0 Å². The van der Waals surface area contributed by atoms with Crippen molar-refractivity contribution in [3.05, 3.63) is 47.2 Å². The van der Waals surface area contributed by atoms with Gasteiger partial charge in [-0.2, -0.15) is 18.2 Å². The average Bonchev–Trinajstić information content (AvgIpc) is 3.31. The Labute approximate surface area is 172 Å². The molecule has 4 rings (SSSR count). The fourth-order valence-electron chi connectivity index (χ4n) is 4.70. The summed E-state index contributed by atoms with van der Waals surface area (Å²) in [7, 11) is 2.73. The summed E-state index contributed by atoms with van der Waals surface area (Å²) in [6.45, 7) is 1.26. The molecule has 2 aliphatic rings. The number of carbonyl (C=O) groups is 1. The third-order valence-electron chi connectivity index (χ3n) is 6.03. The van der Waals surface area contributed by atoms with Crippen molar-refractivity contribution in [2.24, 2.45) is 11.8 Å². The molecule has 6 nitrogen and oxygen atoms in total. The summed E-state index contributed by atoms with van der Waals surface area (Å²) in [5.74, 6) is 0.420. The monoisotopic (exact) mass is 421 g/mol. The Morgan fingerprint density at radius 2 is 1.77 bits per heavy atom. The number of carbonyl (C=O) groups excluding carboxylic acids is 1. The number of halogens is 3. The van der Waals surface area contributed by atoms with E-state index in [-0.39, 0.29) is 29.3 Å². The number of anilines is 1. The minimum atomic E-state index is -4.35. The molecule has 1 aromatic heterocycles. The number of alkyl halides is 3. The summed E-state index contributed by atoms with van der Waals surface area (Å²) >= 11 is 0. The zero-order chi connectivity index (χ0) is 21.5. The quantitative estimate of drug-likeness (QED) is 0.698. The van der Waals surface area contributed by atoms with Gasteiger partial charge in [0.25, 0.3) is 0 Å². The van der Waals surface area contributed by atoms with Crippen molar-refractivity contribution in [2.75, 3.05) is 32.2 Å². The van der Waals surface area contributed by atoms with E-state index in [1.165, 1.54) is 26.4 Å². The molecule has 0 radical (unpaired) electrons. The predicted molar refractivity (Wildman–Crippen MR) is 103 cm³/mol. The van der Waals surface area contributed by atoms with Crippen LogP contribution in [0.15, 0.2) is 30.3 Å². The lowest BCUT2D eigenvalue weighted by atomic mass is 9.91. The second kappa shape index (κ2) is 7.77. The summed E-state index contributed by atoms with van der Waals surface area (Å²) in [5, 5.41) is 0. The van der Waals surface area contributed by atoms with Crippen molar-refractivity contribution in [3.8, 4) is 5.88 Å². The minimum Gasteiger partial charge on any atom is -0.481 e. The second-order valence-electron chi connectivity index (χ2n) is 7.77. The molecule has 30 heavy (non-hydrogen) atoms. The highest BCUT2D eigenvalue weighted by Gasteiger charge is 2.44. The third kappa shape index (κ3) is 3.80. The standard InChI is InChI=1S/C21H22F3N3O3/c1-29-18-9-17(19(28)30-2)25-20(26-18)27-10-13-7-12(8-14(13)11-27)15-5-3-4-6-16(15)21(22,23)24/h3-6,9,12-14H,7-8,10-11H2,1-2H3/t12-,13-,14+. The van der Waals surface area contributed by atoms with Crippen LogP contribution >= 0.6 is 0 Å². The Hall–Kier alpha value is -2.84. The maximum Gasteiger partial charge on any atom is 0.416 e. The zero-order valence-electron chi connectivity index (χ0n) is 16.6. The maximum atomic E-state index is 13.4. The van der Waals surface area contributed by atoms with Crippen LogP contribution < -0.4 is 9.64 Å². The van der Waals surface area contributed by atoms with Crippen molar-refractivity contribution in [3.63, 3.8) is 0 Å². The molecule has 1 saturated carbocycles. The smallest absolute Gasteiger partial charge is 0.416 e. The van der Waals surface area contributed by atoms with Crippen LogP contribution in [-0.2, 0) is 10.9 Å². The molecule has 9 heteroatoms. The van der Waals surface area contributed by atoms with Gasteiger partial charge in [-0.1, -0.05) is 18.2 Å². The fraction of sp³-hybridized carbons (Fsp3) is 0.476. The van der Waals surface area contributed by atoms with E-state index in [0.717, 1.165) is 6.07 Å². The topological polar surface area (TPSA) is 64.6 Å². The molecule has 1 saturated heterocycles. The predicted octanol–water partition coefficient (Wildman–Crippen LogP) is 3.92. The molecule has 1 aliphatic heterocycles. The van der Waals surface area contributed by atoms with Gasteiger partial charge in [0, 0.05) is 19.2 Å². The van der Waals surface area contributed by atoms with Gasteiger partial charge in [0.1, 0.15) is 0 Å². The van der Waals surface area contributed by atoms with Gasteiger partial charge in [0.05, 0.1) is 19.8 Å². The van der Waals surface area contributed by atoms with Gasteiger partial charge in [0.15, 0.2) is 5.69 Å². The number of hydrogen-bond donors (Lipinski definition) is 0. The largest absolute Gasteiger partial charge is 0.481 e. The lowest BCUT2D eigenvalue weighted by Gasteiger charge is -2.22. The van der Waals surface area contributed by atoms with E-state index in [2.05, 4.69) is 9.97 Å². The number of esters is 1. The minimum absolute atomic E-state index is 0.105. The van der Waals surface area contributed by atoms with Gasteiger partial charge < -0.3 is 14.4 Å². The van der Waals surface area contributed by atoms with Gasteiger partial charge in [-0.25, -0.2) is 9.78 Å². The molecule has 0 bridgehead atoms. The fourth-order valence-corrected chi connectivity index (χ4v) is 4.70. The number of ether oxygens (including phenoxy) is 2. The molecule has 1 aromatic carbocycles. The molecule has 2 aromatic rings. The first-order valence-corrected chi connectivity index (χ1v) is 9.72. The number of methoxy groups -OCH3 is 2. The van der Waals surface area contributed by atoms with Crippen molar-refractivity contribution >= 4 is 11.9 Å². The SMILES string of the molecule is COC(=O)c1cc(OC)nc(N2C[C@H]3C[C@@H](c4ccccc4C(F)(F)F)C[C@H]3C2)n1. The van der Waals surface area contributed by atoms with E-state index in [0.29, 0.717) is 37.4 Å². The van der Waals surface area contributed by atoms with Crippen LogP contribution in [0.25, 0.3) is 0 Å².